The fourth-order valence-corrected chi connectivity index (χ4v) is 1.84. The Labute approximate surface area is 94.5 Å². The molecular weight excluding hydrogens is 190 g/mol. The number of hydrogen-bond donors (Lipinski definition) is 1. The molecule has 3 nitrogen and oxygen atoms in total. The van der Waals surface area contributed by atoms with Crippen molar-refractivity contribution < 1.29 is 9.47 Å². The van der Waals surface area contributed by atoms with Crippen molar-refractivity contribution in [3.8, 4) is 0 Å². The maximum Gasteiger partial charge on any atom is 0.0700 e. The van der Waals surface area contributed by atoms with E-state index in [1.165, 1.54) is 12.8 Å². The van der Waals surface area contributed by atoms with Gasteiger partial charge in [-0.15, -0.1) is 0 Å². The molecule has 2 atom stereocenters. The summed E-state index contributed by atoms with van der Waals surface area (Å²) in [5.41, 5.74) is 0. The minimum Gasteiger partial charge on any atom is -0.382 e. The van der Waals surface area contributed by atoms with E-state index in [2.05, 4.69) is 19.2 Å². The van der Waals surface area contributed by atoms with Gasteiger partial charge in [0.05, 0.1) is 13.2 Å². The summed E-state index contributed by atoms with van der Waals surface area (Å²) in [6.45, 7) is 6.80. The Kier molecular flexibility index (Phi) is 10.3. The fourth-order valence-electron chi connectivity index (χ4n) is 1.84. The molecule has 0 bridgehead atoms. The van der Waals surface area contributed by atoms with Crippen molar-refractivity contribution >= 4 is 0 Å². The molecule has 92 valence electrons. The topological polar surface area (TPSA) is 30.5 Å². The maximum absolute atomic E-state index is 5.43. The summed E-state index contributed by atoms with van der Waals surface area (Å²) in [7, 11) is 3.74. The zero-order chi connectivity index (χ0) is 11.5. The molecule has 0 radical (unpaired) electrons. The molecule has 0 fully saturated rings. The predicted octanol–water partition coefficient (Wildman–Crippen LogP) is 2.06. The van der Waals surface area contributed by atoms with Crippen molar-refractivity contribution in [1.82, 2.24) is 5.32 Å². The van der Waals surface area contributed by atoms with Crippen molar-refractivity contribution in [2.24, 2.45) is 5.92 Å². The van der Waals surface area contributed by atoms with Crippen LogP contribution in [-0.4, -0.2) is 40.0 Å². The van der Waals surface area contributed by atoms with Crippen LogP contribution in [0.15, 0.2) is 0 Å². The van der Waals surface area contributed by atoms with E-state index in [-0.39, 0.29) is 0 Å². The first-order valence-corrected chi connectivity index (χ1v) is 6.00. The molecule has 0 aromatic heterocycles. The van der Waals surface area contributed by atoms with E-state index in [1.807, 2.05) is 7.05 Å². The maximum atomic E-state index is 5.43. The predicted molar refractivity (Wildman–Crippen MR) is 64.2 cm³/mol. The molecule has 0 saturated heterocycles. The lowest BCUT2D eigenvalue weighted by molar-refractivity contribution is 0.0668. The lowest BCUT2D eigenvalue weighted by atomic mass is 9.95. The van der Waals surface area contributed by atoms with Crippen LogP contribution in [0.4, 0.5) is 0 Å². The summed E-state index contributed by atoms with van der Waals surface area (Å²) in [5, 5.41) is 3.35. The molecule has 0 heterocycles. The lowest BCUT2D eigenvalue weighted by Gasteiger charge is -2.21. The van der Waals surface area contributed by atoms with Crippen LogP contribution >= 0.6 is 0 Å². The largest absolute Gasteiger partial charge is 0.382 e. The minimum absolute atomic E-state index is 0.643. The monoisotopic (exact) mass is 217 g/mol. The molecule has 0 aromatic carbocycles. The molecule has 3 heteroatoms. The van der Waals surface area contributed by atoms with Crippen LogP contribution in [0.25, 0.3) is 0 Å². The van der Waals surface area contributed by atoms with Crippen LogP contribution < -0.4 is 5.32 Å². The van der Waals surface area contributed by atoms with Gasteiger partial charge in [0.1, 0.15) is 0 Å². The first kappa shape index (κ1) is 14.9. The van der Waals surface area contributed by atoms with E-state index in [9.17, 15) is 0 Å². The van der Waals surface area contributed by atoms with E-state index < -0.39 is 0 Å². The third-order valence-electron chi connectivity index (χ3n) is 2.88. The van der Waals surface area contributed by atoms with E-state index in [1.54, 1.807) is 7.11 Å². The van der Waals surface area contributed by atoms with Gasteiger partial charge in [0, 0.05) is 19.8 Å². The molecule has 0 aliphatic heterocycles. The van der Waals surface area contributed by atoms with Gasteiger partial charge in [-0.2, -0.15) is 0 Å². The van der Waals surface area contributed by atoms with E-state index in [0.29, 0.717) is 19.3 Å². The zero-order valence-electron chi connectivity index (χ0n) is 10.7. The summed E-state index contributed by atoms with van der Waals surface area (Å²) in [6.07, 6.45) is 3.57. The highest BCUT2D eigenvalue weighted by Gasteiger charge is 2.12. The van der Waals surface area contributed by atoms with Crippen molar-refractivity contribution in [3.05, 3.63) is 0 Å². The third-order valence-corrected chi connectivity index (χ3v) is 2.88. The molecule has 0 spiro atoms. The molecule has 0 aromatic rings. The first-order valence-electron chi connectivity index (χ1n) is 6.00. The second-order valence-electron chi connectivity index (χ2n) is 4.03. The average molecular weight is 217 g/mol. The van der Waals surface area contributed by atoms with E-state index in [0.717, 1.165) is 18.9 Å². The van der Waals surface area contributed by atoms with Crippen molar-refractivity contribution in [2.75, 3.05) is 34.0 Å². The summed E-state index contributed by atoms with van der Waals surface area (Å²) in [6, 6.07) is 0.643. The second kappa shape index (κ2) is 10.4. The average Bonchev–Trinajstić information content (AvgIpc) is 2.25. The van der Waals surface area contributed by atoms with Crippen LogP contribution in [0.2, 0.25) is 0 Å². The van der Waals surface area contributed by atoms with Gasteiger partial charge in [-0.3, -0.25) is 0 Å². The number of hydrogen-bond acceptors (Lipinski definition) is 3. The third kappa shape index (κ3) is 7.77. The second-order valence-corrected chi connectivity index (χ2v) is 4.03. The molecule has 0 saturated carbocycles. The Balaban J connectivity index is 3.33. The minimum atomic E-state index is 0.643. The summed E-state index contributed by atoms with van der Waals surface area (Å²) >= 11 is 0. The number of methoxy groups -OCH3 is 1. The van der Waals surface area contributed by atoms with Crippen molar-refractivity contribution in [1.29, 1.82) is 0 Å². The lowest BCUT2D eigenvalue weighted by Crippen LogP contribution is -2.31. The zero-order valence-corrected chi connectivity index (χ0v) is 10.7. The van der Waals surface area contributed by atoms with Crippen LogP contribution in [0.1, 0.15) is 33.1 Å². The van der Waals surface area contributed by atoms with Crippen molar-refractivity contribution in [2.45, 2.75) is 39.2 Å². The first-order chi connectivity index (χ1) is 7.26. The van der Waals surface area contributed by atoms with E-state index >= 15 is 0 Å². The Morgan fingerprint density at radius 3 is 2.47 bits per heavy atom. The van der Waals surface area contributed by atoms with Crippen LogP contribution in [0, 0.1) is 5.92 Å². The number of ether oxygens (including phenoxy) is 2. The van der Waals surface area contributed by atoms with E-state index in [4.69, 9.17) is 9.47 Å². The highest BCUT2D eigenvalue weighted by atomic mass is 16.5. The summed E-state index contributed by atoms with van der Waals surface area (Å²) < 4.78 is 10.3. The summed E-state index contributed by atoms with van der Waals surface area (Å²) in [4.78, 5) is 0. The van der Waals surface area contributed by atoms with Gasteiger partial charge < -0.3 is 14.8 Å². The molecular formula is C12H27NO2. The molecule has 0 amide bonds. The Morgan fingerprint density at radius 2 is 1.93 bits per heavy atom. The van der Waals surface area contributed by atoms with Crippen LogP contribution in [0.5, 0.6) is 0 Å². The molecule has 2 unspecified atom stereocenters. The Hall–Kier alpha value is -0.120. The Bertz CT molecular complexity index is 127. The molecule has 0 rings (SSSR count). The quantitative estimate of drug-likeness (QED) is 0.568. The van der Waals surface area contributed by atoms with Gasteiger partial charge in [-0.25, -0.2) is 0 Å². The van der Waals surface area contributed by atoms with Crippen LogP contribution in [0.3, 0.4) is 0 Å². The summed E-state index contributed by atoms with van der Waals surface area (Å²) in [5.74, 6) is 0.728. The number of rotatable bonds is 10. The standard InChI is InChI=1S/C12H27NO2/c1-5-12(13-3)11(2)7-6-8-15-10-9-14-4/h11-13H,5-10H2,1-4H3. The Morgan fingerprint density at radius 1 is 1.20 bits per heavy atom. The molecule has 0 aliphatic rings. The van der Waals surface area contributed by atoms with Gasteiger partial charge in [-0.1, -0.05) is 13.8 Å². The smallest absolute Gasteiger partial charge is 0.0700 e. The molecule has 0 aliphatic carbocycles. The molecule has 1 N–H and O–H groups in total. The molecule has 15 heavy (non-hydrogen) atoms. The van der Waals surface area contributed by atoms with Crippen molar-refractivity contribution in [3.63, 3.8) is 0 Å². The van der Waals surface area contributed by atoms with Gasteiger partial charge >= 0.3 is 0 Å². The van der Waals surface area contributed by atoms with Gasteiger partial charge in [0.15, 0.2) is 0 Å². The SMILES string of the molecule is CCC(NC)C(C)CCCOCCOC. The van der Waals surface area contributed by atoms with Gasteiger partial charge in [0.25, 0.3) is 0 Å². The van der Waals surface area contributed by atoms with Crippen LogP contribution in [-0.2, 0) is 9.47 Å². The van der Waals surface area contributed by atoms with Gasteiger partial charge in [-0.05, 0) is 32.2 Å². The van der Waals surface area contributed by atoms with Gasteiger partial charge in [0.2, 0.25) is 0 Å². The normalized spacial score (nSPS) is 15.2. The highest BCUT2D eigenvalue weighted by Crippen LogP contribution is 2.13. The highest BCUT2D eigenvalue weighted by molar-refractivity contribution is 4.69. The number of nitrogens with one attached hydrogen (secondary N) is 1. The fraction of sp³-hybridized carbons (Fsp3) is 1.00.